The van der Waals surface area contributed by atoms with Gasteiger partial charge in [0.05, 0.1) is 5.69 Å². The van der Waals surface area contributed by atoms with E-state index in [9.17, 15) is 9.59 Å². The van der Waals surface area contributed by atoms with Crippen LogP contribution in [0.1, 0.15) is 18.1 Å². The molecule has 0 unspecified atom stereocenters. The third kappa shape index (κ3) is 5.70. The van der Waals surface area contributed by atoms with E-state index in [1.165, 1.54) is 18.1 Å². The van der Waals surface area contributed by atoms with Gasteiger partial charge in [0.15, 0.2) is 12.4 Å². The first-order valence-electron chi connectivity index (χ1n) is 11.3. The number of nitrogens with one attached hydrogen (secondary N) is 1. The Labute approximate surface area is 199 Å². The molecule has 1 aromatic heterocycles. The van der Waals surface area contributed by atoms with E-state index in [2.05, 4.69) is 52.5 Å². The number of benzene rings is 2. The molecule has 2 heterocycles. The van der Waals surface area contributed by atoms with E-state index in [0.717, 1.165) is 17.1 Å². The third-order valence-electron chi connectivity index (χ3n) is 5.80. The van der Waals surface area contributed by atoms with Crippen molar-refractivity contribution in [2.75, 3.05) is 43.0 Å². The second kappa shape index (κ2) is 10.3. The van der Waals surface area contributed by atoms with E-state index in [1.807, 2.05) is 12.1 Å². The van der Waals surface area contributed by atoms with E-state index in [-0.39, 0.29) is 18.4 Å². The molecule has 0 saturated carbocycles. The van der Waals surface area contributed by atoms with Gasteiger partial charge in [-0.15, -0.1) is 10.2 Å². The molecule has 2 aromatic carbocycles. The summed E-state index contributed by atoms with van der Waals surface area (Å²) in [7, 11) is 0. The average molecular weight is 460 g/mol. The molecule has 4 rings (SSSR count). The molecule has 0 radical (unpaired) electrons. The molecule has 0 bridgehead atoms. The summed E-state index contributed by atoms with van der Waals surface area (Å²) >= 11 is 0. The van der Waals surface area contributed by atoms with E-state index in [4.69, 9.17) is 4.74 Å². The standard InChI is InChI=1S/C26H29N5O3/c1-18-4-9-23(19(2)16-18)24-10-11-25(29-28-24)30-12-14-31(15-13-30)26(33)17-34-22-7-5-21(6-8-22)27-20(3)32/h4-11,16H,12-15,17H2,1-3H3,(H,27,32). The van der Waals surface area contributed by atoms with Crippen LogP contribution in [0, 0.1) is 13.8 Å². The highest BCUT2D eigenvalue weighted by Crippen LogP contribution is 2.23. The van der Waals surface area contributed by atoms with Gasteiger partial charge < -0.3 is 19.9 Å². The highest BCUT2D eigenvalue weighted by molar-refractivity contribution is 5.88. The topological polar surface area (TPSA) is 87.7 Å². The fourth-order valence-electron chi connectivity index (χ4n) is 4.00. The Morgan fingerprint density at radius 1 is 0.941 bits per heavy atom. The number of rotatable bonds is 6. The van der Waals surface area contributed by atoms with Gasteiger partial charge >= 0.3 is 0 Å². The van der Waals surface area contributed by atoms with Gasteiger partial charge in [-0.25, -0.2) is 0 Å². The first-order valence-corrected chi connectivity index (χ1v) is 11.3. The Bertz CT molecular complexity index is 1150. The van der Waals surface area contributed by atoms with Crippen molar-refractivity contribution in [1.29, 1.82) is 0 Å². The maximum absolute atomic E-state index is 12.6. The molecule has 3 aromatic rings. The molecule has 0 spiro atoms. The highest BCUT2D eigenvalue weighted by atomic mass is 16.5. The molecule has 1 aliphatic rings. The van der Waals surface area contributed by atoms with Gasteiger partial charge in [-0.05, 0) is 55.8 Å². The molecule has 1 saturated heterocycles. The number of ether oxygens (including phenoxy) is 1. The van der Waals surface area contributed by atoms with Crippen LogP contribution in [0.3, 0.4) is 0 Å². The number of carbonyl (C=O) groups excluding carboxylic acids is 2. The minimum absolute atomic E-state index is 0.0239. The summed E-state index contributed by atoms with van der Waals surface area (Å²) < 4.78 is 5.62. The van der Waals surface area contributed by atoms with Crippen LogP contribution >= 0.6 is 0 Å². The summed E-state index contributed by atoms with van der Waals surface area (Å²) in [6.45, 7) is 8.17. The summed E-state index contributed by atoms with van der Waals surface area (Å²) in [5.74, 6) is 1.21. The molecule has 1 N–H and O–H groups in total. The first kappa shape index (κ1) is 23.2. The summed E-state index contributed by atoms with van der Waals surface area (Å²) in [5, 5.41) is 11.6. The average Bonchev–Trinajstić information content (AvgIpc) is 2.83. The van der Waals surface area contributed by atoms with Gasteiger partial charge in [0.25, 0.3) is 5.91 Å². The number of aromatic nitrogens is 2. The normalized spacial score (nSPS) is 13.5. The summed E-state index contributed by atoms with van der Waals surface area (Å²) in [6.07, 6.45) is 0. The van der Waals surface area contributed by atoms with E-state index in [1.54, 1.807) is 29.2 Å². The SMILES string of the molecule is CC(=O)Nc1ccc(OCC(=O)N2CCN(c3ccc(-c4ccc(C)cc4C)nn3)CC2)cc1. The van der Waals surface area contributed by atoms with Crippen LogP contribution in [0.4, 0.5) is 11.5 Å². The fraction of sp³-hybridized carbons (Fsp3) is 0.308. The predicted molar refractivity (Wildman–Crippen MR) is 132 cm³/mol. The zero-order chi connectivity index (χ0) is 24.1. The quantitative estimate of drug-likeness (QED) is 0.608. The summed E-state index contributed by atoms with van der Waals surface area (Å²) in [4.78, 5) is 27.6. The van der Waals surface area contributed by atoms with Crippen molar-refractivity contribution in [1.82, 2.24) is 15.1 Å². The number of hydrogen-bond acceptors (Lipinski definition) is 6. The Morgan fingerprint density at radius 2 is 1.68 bits per heavy atom. The van der Waals surface area contributed by atoms with Gasteiger partial charge in [-0.1, -0.05) is 23.8 Å². The zero-order valence-electron chi connectivity index (χ0n) is 19.7. The van der Waals surface area contributed by atoms with Crippen molar-refractivity contribution < 1.29 is 14.3 Å². The molecule has 1 fully saturated rings. The number of aryl methyl sites for hydroxylation is 2. The van der Waals surface area contributed by atoms with Gasteiger partial charge in [0.2, 0.25) is 5.91 Å². The van der Waals surface area contributed by atoms with Crippen LogP contribution in [0.15, 0.2) is 54.6 Å². The molecule has 34 heavy (non-hydrogen) atoms. The lowest BCUT2D eigenvalue weighted by atomic mass is 10.0. The number of nitrogens with zero attached hydrogens (tertiary/aromatic N) is 4. The van der Waals surface area contributed by atoms with Crippen molar-refractivity contribution in [3.63, 3.8) is 0 Å². The second-order valence-corrected chi connectivity index (χ2v) is 8.46. The summed E-state index contributed by atoms with van der Waals surface area (Å²) in [5.41, 5.74) is 5.04. The minimum Gasteiger partial charge on any atom is -0.484 e. The van der Waals surface area contributed by atoms with Crippen molar-refractivity contribution in [3.05, 3.63) is 65.7 Å². The van der Waals surface area contributed by atoms with Crippen molar-refractivity contribution >= 4 is 23.3 Å². The van der Waals surface area contributed by atoms with Crippen LogP contribution in [0.5, 0.6) is 5.75 Å². The van der Waals surface area contributed by atoms with Crippen LogP contribution in [0.2, 0.25) is 0 Å². The molecule has 0 aliphatic carbocycles. The van der Waals surface area contributed by atoms with Crippen LogP contribution in [-0.2, 0) is 9.59 Å². The Hall–Kier alpha value is -3.94. The van der Waals surface area contributed by atoms with Crippen molar-refractivity contribution in [3.8, 4) is 17.0 Å². The zero-order valence-corrected chi connectivity index (χ0v) is 19.7. The molecular weight excluding hydrogens is 430 g/mol. The maximum atomic E-state index is 12.6. The second-order valence-electron chi connectivity index (χ2n) is 8.46. The van der Waals surface area contributed by atoms with Crippen LogP contribution in [-0.4, -0.2) is 59.7 Å². The Balaban J connectivity index is 1.27. The monoisotopic (exact) mass is 459 g/mol. The largest absolute Gasteiger partial charge is 0.484 e. The highest BCUT2D eigenvalue weighted by Gasteiger charge is 2.22. The summed E-state index contributed by atoms with van der Waals surface area (Å²) in [6, 6.07) is 17.3. The van der Waals surface area contributed by atoms with Gasteiger partial charge in [-0.3, -0.25) is 9.59 Å². The lowest BCUT2D eigenvalue weighted by Gasteiger charge is -2.35. The van der Waals surface area contributed by atoms with Gasteiger partial charge in [-0.2, -0.15) is 0 Å². The molecule has 176 valence electrons. The fourth-order valence-corrected chi connectivity index (χ4v) is 4.00. The third-order valence-corrected chi connectivity index (χ3v) is 5.80. The van der Waals surface area contributed by atoms with Gasteiger partial charge in [0, 0.05) is 44.4 Å². The van der Waals surface area contributed by atoms with Crippen LogP contribution in [0.25, 0.3) is 11.3 Å². The lowest BCUT2D eigenvalue weighted by molar-refractivity contribution is -0.133. The molecule has 1 aliphatic heterocycles. The number of hydrogen-bond donors (Lipinski definition) is 1. The predicted octanol–water partition coefficient (Wildman–Crippen LogP) is 3.45. The first-order chi connectivity index (χ1) is 16.4. The molecule has 8 nitrogen and oxygen atoms in total. The van der Waals surface area contributed by atoms with E-state index < -0.39 is 0 Å². The molecule has 0 atom stereocenters. The molecule has 8 heteroatoms. The Morgan fingerprint density at radius 3 is 2.29 bits per heavy atom. The molecule has 2 amide bonds. The smallest absolute Gasteiger partial charge is 0.260 e. The minimum atomic E-state index is -0.133. The van der Waals surface area contributed by atoms with Gasteiger partial charge in [0.1, 0.15) is 5.75 Å². The molecular formula is C26H29N5O3. The number of anilines is 2. The van der Waals surface area contributed by atoms with Crippen molar-refractivity contribution in [2.24, 2.45) is 0 Å². The van der Waals surface area contributed by atoms with E-state index in [0.29, 0.717) is 37.6 Å². The van der Waals surface area contributed by atoms with Crippen LogP contribution < -0.4 is 15.0 Å². The maximum Gasteiger partial charge on any atom is 0.260 e. The number of carbonyl (C=O) groups is 2. The number of piperazine rings is 1. The van der Waals surface area contributed by atoms with Crippen molar-refractivity contribution in [2.45, 2.75) is 20.8 Å². The Kier molecular flexibility index (Phi) is 7.06. The van der Waals surface area contributed by atoms with E-state index >= 15 is 0 Å². The lowest BCUT2D eigenvalue weighted by Crippen LogP contribution is -2.50. The number of amides is 2.